The second-order valence-corrected chi connectivity index (χ2v) is 7.81. The second-order valence-electron chi connectivity index (χ2n) is 4.45. The van der Waals surface area contributed by atoms with E-state index in [0.717, 1.165) is 6.54 Å². The molecular formula is C11H27NSi. The maximum absolute atomic E-state index is 5.43. The molecule has 0 aromatic heterocycles. The largest absolute Gasteiger partial charge is 0.330 e. The van der Waals surface area contributed by atoms with Crippen molar-refractivity contribution in [3.8, 4) is 0 Å². The highest BCUT2D eigenvalue weighted by atomic mass is 28.3. The van der Waals surface area contributed by atoms with E-state index in [1.54, 1.807) is 6.04 Å². The lowest BCUT2D eigenvalue weighted by Crippen LogP contribution is -1.98. The summed E-state index contributed by atoms with van der Waals surface area (Å²) in [6.45, 7) is 5.77. The lowest BCUT2D eigenvalue weighted by Gasteiger charge is -2.03. The van der Waals surface area contributed by atoms with Crippen molar-refractivity contribution in [2.45, 2.75) is 64.1 Å². The Morgan fingerprint density at radius 2 is 1.23 bits per heavy atom. The standard InChI is InChI=1S/C11H27NSi/c1-13(2)11-9-7-5-3-4-6-8-10-12/h13H,3-12H2,1-2H3. The van der Waals surface area contributed by atoms with Gasteiger partial charge in [0, 0.05) is 8.80 Å². The zero-order valence-corrected chi connectivity index (χ0v) is 10.7. The summed E-state index contributed by atoms with van der Waals surface area (Å²) < 4.78 is 0. The number of nitrogens with two attached hydrogens (primary N) is 1. The van der Waals surface area contributed by atoms with Crippen LogP contribution in [-0.4, -0.2) is 15.3 Å². The highest BCUT2D eigenvalue weighted by Crippen LogP contribution is 2.09. The molecule has 2 N–H and O–H groups in total. The molecule has 0 amide bonds. The summed E-state index contributed by atoms with van der Waals surface area (Å²) >= 11 is 0. The third kappa shape index (κ3) is 12.2. The fourth-order valence-electron chi connectivity index (χ4n) is 1.58. The molecule has 13 heavy (non-hydrogen) atoms. The third-order valence-corrected chi connectivity index (χ3v) is 4.05. The van der Waals surface area contributed by atoms with Crippen molar-refractivity contribution in [1.82, 2.24) is 0 Å². The molecule has 80 valence electrons. The van der Waals surface area contributed by atoms with Gasteiger partial charge in [-0.1, -0.05) is 57.7 Å². The van der Waals surface area contributed by atoms with E-state index in [-0.39, 0.29) is 8.80 Å². The lowest BCUT2D eigenvalue weighted by molar-refractivity contribution is 0.592. The van der Waals surface area contributed by atoms with E-state index in [1.165, 1.54) is 44.9 Å². The monoisotopic (exact) mass is 201 g/mol. The van der Waals surface area contributed by atoms with Crippen LogP contribution in [0.15, 0.2) is 0 Å². The molecule has 0 saturated carbocycles. The van der Waals surface area contributed by atoms with Gasteiger partial charge in [0.25, 0.3) is 0 Å². The Bertz CT molecular complexity index is 94.1. The molecule has 1 nitrogen and oxygen atoms in total. The van der Waals surface area contributed by atoms with E-state index < -0.39 is 0 Å². The minimum Gasteiger partial charge on any atom is -0.330 e. The van der Waals surface area contributed by atoms with Gasteiger partial charge in [0.1, 0.15) is 0 Å². The molecule has 0 aromatic carbocycles. The molecule has 0 aliphatic carbocycles. The van der Waals surface area contributed by atoms with Gasteiger partial charge in [0.05, 0.1) is 0 Å². The fourth-order valence-corrected chi connectivity index (χ4v) is 2.69. The summed E-state index contributed by atoms with van der Waals surface area (Å²) in [6.07, 6.45) is 9.80. The van der Waals surface area contributed by atoms with Crippen LogP contribution in [0.25, 0.3) is 0 Å². The second kappa shape index (κ2) is 10.3. The van der Waals surface area contributed by atoms with E-state index in [4.69, 9.17) is 5.73 Å². The van der Waals surface area contributed by atoms with Gasteiger partial charge < -0.3 is 5.73 Å². The summed E-state index contributed by atoms with van der Waals surface area (Å²) in [4.78, 5) is 0. The van der Waals surface area contributed by atoms with Crippen molar-refractivity contribution >= 4 is 8.80 Å². The maximum atomic E-state index is 5.43. The summed E-state index contributed by atoms with van der Waals surface area (Å²) in [5, 5.41) is 0. The molecule has 0 saturated heterocycles. The van der Waals surface area contributed by atoms with Crippen LogP contribution in [-0.2, 0) is 0 Å². The minimum absolute atomic E-state index is 0.257. The predicted molar refractivity (Wildman–Crippen MR) is 65.1 cm³/mol. The summed E-state index contributed by atoms with van der Waals surface area (Å²) in [5.74, 6) is 0. The van der Waals surface area contributed by atoms with Crippen LogP contribution in [0.2, 0.25) is 19.1 Å². The first-order valence-corrected chi connectivity index (χ1v) is 9.10. The minimum atomic E-state index is -0.257. The fraction of sp³-hybridized carbons (Fsp3) is 1.00. The van der Waals surface area contributed by atoms with Gasteiger partial charge in [0.15, 0.2) is 0 Å². The van der Waals surface area contributed by atoms with E-state index >= 15 is 0 Å². The van der Waals surface area contributed by atoms with E-state index in [0.29, 0.717) is 0 Å². The molecule has 0 atom stereocenters. The Hall–Kier alpha value is 0.177. The van der Waals surface area contributed by atoms with Gasteiger partial charge in [-0.05, 0) is 13.0 Å². The molecule has 0 aliphatic rings. The molecule has 2 heteroatoms. The molecule has 0 rings (SSSR count). The zero-order valence-electron chi connectivity index (χ0n) is 9.52. The molecule has 0 heterocycles. The molecule has 0 spiro atoms. The topological polar surface area (TPSA) is 26.0 Å². The van der Waals surface area contributed by atoms with Crippen LogP contribution in [0, 0.1) is 0 Å². The summed E-state index contributed by atoms with van der Waals surface area (Å²) in [7, 11) is -0.257. The van der Waals surface area contributed by atoms with E-state index in [2.05, 4.69) is 13.1 Å². The van der Waals surface area contributed by atoms with Crippen molar-refractivity contribution in [1.29, 1.82) is 0 Å². The molecule has 0 unspecified atom stereocenters. The van der Waals surface area contributed by atoms with Crippen LogP contribution in [0.1, 0.15) is 44.9 Å². The average molecular weight is 201 g/mol. The first-order chi connectivity index (χ1) is 6.27. The van der Waals surface area contributed by atoms with Gasteiger partial charge in [-0.3, -0.25) is 0 Å². The number of unbranched alkanes of at least 4 members (excludes halogenated alkanes) is 6. The van der Waals surface area contributed by atoms with Crippen LogP contribution in [0.3, 0.4) is 0 Å². The van der Waals surface area contributed by atoms with E-state index in [9.17, 15) is 0 Å². The van der Waals surface area contributed by atoms with Gasteiger partial charge in [-0.15, -0.1) is 0 Å². The summed E-state index contributed by atoms with van der Waals surface area (Å²) in [5.41, 5.74) is 5.43. The zero-order chi connectivity index (χ0) is 9.94. The van der Waals surface area contributed by atoms with Crippen molar-refractivity contribution in [3.63, 3.8) is 0 Å². The van der Waals surface area contributed by atoms with Crippen molar-refractivity contribution < 1.29 is 0 Å². The van der Waals surface area contributed by atoms with Crippen LogP contribution in [0.4, 0.5) is 0 Å². The van der Waals surface area contributed by atoms with Crippen molar-refractivity contribution in [3.05, 3.63) is 0 Å². The number of hydrogen-bond donors (Lipinski definition) is 1. The lowest BCUT2D eigenvalue weighted by atomic mass is 10.1. The Labute approximate surface area is 85.7 Å². The Morgan fingerprint density at radius 1 is 0.769 bits per heavy atom. The SMILES string of the molecule is C[SiH](C)CCCCCCCCCN. The average Bonchev–Trinajstić information content (AvgIpc) is 2.09. The normalized spacial score (nSPS) is 11.1. The Balaban J connectivity index is 2.84. The van der Waals surface area contributed by atoms with E-state index in [1.807, 2.05) is 0 Å². The number of rotatable bonds is 9. The first kappa shape index (κ1) is 13.2. The Kier molecular flexibility index (Phi) is 10.4. The summed E-state index contributed by atoms with van der Waals surface area (Å²) in [6, 6.07) is 1.54. The highest BCUT2D eigenvalue weighted by Gasteiger charge is 1.95. The van der Waals surface area contributed by atoms with Crippen molar-refractivity contribution in [2.24, 2.45) is 5.73 Å². The molecule has 0 aromatic rings. The van der Waals surface area contributed by atoms with Gasteiger partial charge in [-0.25, -0.2) is 0 Å². The maximum Gasteiger partial charge on any atom is 0.0305 e. The van der Waals surface area contributed by atoms with Gasteiger partial charge in [-0.2, -0.15) is 0 Å². The molecule has 0 fully saturated rings. The van der Waals surface area contributed by atoms with Crippen LogP contribution >= 0.6 is 0 Å². The molecule has 0 radical (unpaired) electrons. The van der Waals surface area contributed by atoms with Crippen LogP contribution in [0.5, 0.6) is 0 Å². The number of hydrogen-bond acceptors (Lipinski definition) is 1. The van der Waals surface area contributed by atoms with Gasteiger partial charge in [0.2, 0.25) is 0 Å². The van der Waals surface area contributed by atoms with Crippen molar-refractivity contribution in [2.75, 3.05) is 6.54 Å². The molecule has 0 bridgehead atoms. The third-order valence-electron chi connectivity index (χ3n) is 2.49. The van der Waals surface area contributed by atoms with Gasteiger partial charge >= 0.3 is 0 Å². The first-order valence-electron chi connectivity index (χ1n) is 5.97. The smallest absolute Gasteiger partial charge is 0.0305 e. The molecular weight excluding hydrogens is 174 g/mol. The Morgan fingerprint density at radius 3 is 1.69 bits per heavy atom. The van der Waals surface area contributed by atoms with Crippen LogP contribution < -0.4 is 5.73 Å². The quantitative estimate of drug-likeness (QED) is 0.450. The predicted octanol–water partition coefficient (Wildman–Crippen LogP) is 3.16. The highest BCUT2D eigenvalue weighted by molar-refractivity contribution is 6.55. The molecule has 0 aliphatic heterocycles.